The first kappa shape index (κ1) is 19.9. The molecule has 0 radical (unpaired) electrons. The molecule has 9 nitrogen and oxygen atoms in total. The quantitative estimate of drug-likeness (QED) is 0.481. The van der Waals surface area contributed by atoms with Gasteiger partial charge in [-0.05, 0) is 31.2 Å². The van der Waals surface area contributed by atoms with Crippen LogP contribution in [0.2, 0.25) is 0 Å². The third kappa shape index (κ3) is 3.96. The maximum absolute atomic E-state index is 12.5. The van der Waals surface area contributed by atoms with Crippen LogP contribution in [0.15, 0.2) is 60.9 Å². The van der Waals surface area contributed by atoms with E-state index in [1.165, 1.54) is 11.9 Å². The van der Waals surface area contributed by atoms with E-state index < -0.39 is 0 Å². The summed E-state index contributed by atoms with van der Waals surface area (Å²) in [5.74, 6) is 1.41. The van der Waals surface area contributed by atoms with E-state index >= 15 is 0 Å². The van der Waals surface area contributed by atoms with Gasteiger partial charge in [-0.3, -0.25) is 4.79 Å². The molecule has 162 valence electrons. The highest BCUT2D eigenvalue weighted by molar-refractivity contribution is 5.84. The Labute approximate surface area is 185 Å². The van der Waals surface area contributed by atoms with Crippen LogP contribution in [0.5, 0.6) is 5.75 Å². The first-order chi connectivity index (χ1) is 15.7. The minimum atomic E-state index is -0.0216. The van der Waals surface area contributed by atoms with Crippen molar-refractivity contribution in [3.05, 3.63) is 66.5 Å². The van der Waals surface area contributed by atoms with Crippen molar-refractivity contribution in [2.45, 2.75) is 6.92 Å². The first-order valence-corrected chi connectivity index (χ1v) is 10.5. The molecule has 0 N–H and O–H groups in total. The summed E-state index contributed by atoms with van der Waals surface area (Å²) in [6, 6.07) is 17.4. The normalized spacial score (nSPS) is 14.0. The van der Waals surface area contributed by atoms with Gasteiger partial charge >= 0.3 is 0 Å². The van der Waals surface area contributed by atoms with E-state index in [0.717, 1.165) is 11.5 Å². The fraction of sp³-hybridized carbons (Fsp3) is 0.261. The Balaban J connectivity index is 1.27. The standard InChI is InChI=1S/C23H23N7O2/c1-17-7-9-18(10-8-17)30-23-21(26-27-30)22(24-16-25-23)29-13-11-28(12-14-29)20(31)15-32-19-5-3-2-4-6-19/h2-10,16H,11-15H2,1H3. The van der Waals surface area contributed by atoms with Crippen LogP contribution in [0.25, 0.3) is 16.9 Å². The van der Waals surface area contributed by atoms with Gasteiger partial charge in [0.1, 0.15) is 12.1 Å². The van der Waals surface area contributed by atoms with Crippen molar-refractivity contribution in [3.8, 4) is 11.4 Å². The lowest BCUT2D eigenvalue weighted by Crippen LogP contribution is -2.50. The summed E-state index contributed by atoms with van der Waals surface area (Å²) in [5, 5.41) is 8.66. The number of hydrogen-bond donors (Lipinski definition) is 0. The van der Waals surface area contributed by atoms with Crippen molar-refractivity contribution in [1.82, 2.24) is 29.9 Å². The third-order valence-electron chi connectivity index (χ3n) is 5.53. The molecular weight excluding hydrogens is 406 g/mol. The molecule has 0 atom stereocenters. The van der Waals surface area contributed by atoms with Gasteiger partial charge in [0.2, 0.25) is 0 Å². The summed E-state index contributed by atoms with van der Waals surface area (Å²) in [6.45, 7) is 4.57. The van der Waals surface area contributed by atoms with Crippen LogP contribution < -0.4 is 9.64 Å². The first-order valence-electron chi connectivity index (χ1n) is 10.5. The molecule has 32 heavy (non-hydrogen) atoms. The van der Waals surface area contributed by atoms with E-state index in [1.807, 2.05) is 66.4 Å². The van der Waals surface area contributed by atoms with Crippen LogP contribution in [-0.2, 0) is 4.79 Å². The number of piperazine rings is 1. The molecule has 1 amide bonds. The van der Waals surface area contributed by atoms with Crippen molar-refractivity contribution in [2.24, 2.45) is 0 Å². The summed E-state index contributed by atoms with van der Waals surface area (Å²) in [4.78, 5) is 25.4. The van der Waals surface area contributed by atoms with Crippen molar-refractivity contribution in [2.75, 3.05) is 37.7 Å². The van der Waals surface area contributed by atoms with Crippen molar-refractivity contribution in [1.29, 1.82) is 0 Å². The van der Waals surface area contributed by atoms with E-state index in [9.17, 15) is 4.79 Å². The predicted octanol–water partition coefficient (Wildman–Crippen LogP) is 2.25. The van der Waals surface area contributed by atoms with Crippen molar-refractivity contribution < 1.29 is 9.53 Å². The topological polar surface area (TPSA) is 89.3 Å². The predicted molar refractivity (Wildman–Crippen MR) is 120 cm³/mol. The molecule has 1 saturated heterocycles. The number of amides is 1. The van der Waals surface area contributed by atoms with E-state index in [-0.39, 0.29) is 12.5 Å². The number of carbonyl (C=O) groups is 1. The third-order valence-corrected chi connectivity index (χ3v) is 5.53. The molecule has 0 saturated carbocycles. The van der Waals surface area contributed by atoms with E-state index in [4.69, 9.17) is 4.74 Å². The molecule has 0 unspecified atom stereocenters. The number of aryl methyl sites for hydroxylation is 1. The van der Waals surface area contributed by atoms with Gasteiger partial charge in [0, 0.05) is 26.2 Å². The molecule has 0 spiro atoms. The Bertz CT molecular complexity index is 1220. The van der Waals surface area contributed by atoms with Gasteiger partial charge in [-0.25, -0.2) is 9.97 Å². The number of benzene rings is 2. The summed E-state index contributed by atoms with van der Waals surface area (Å²) in [6.07, 6.45) is 1.54. The Morgan fingerprint density at radius 2 is 1.72 bits per heavy atom. The Kier molecular flexibility index (Phi) is 5.37. The monoisotopic (exact) mass is 429 g/mol. The summed E-state index contributed by atoms with van der Waals surface area (Å²) in [5.41, 5.74) is 3.39. The summed E-state index contributed by atoms with van der Waals surface area (Å²) in [7, 11) is 0. The largest absolute Gasteiger partial charge is 0.484 e. The minimum absolute atomic E-state index is 0.0216. The number of fused-ring (bicyclic) bond motifs is 1. The second-order valence-electron chi connectivity index (χ2n) is 7.68. The number of nitrogens with zero attached hydrogens (tertiary/aromatic N) is 7. The van der Waals surface area contributed by atoms with Crippen LogP contribution in [0.1, 0.15) is 5.56 Å². The molecule has 1 aliphatic heterocycles. The maximum Gasteiger partial charge on any atom is 0.260 e. The van der Waals surface area contributed by atoms with Gasteiger partial charge in [-0.1, -0.05) is 41.1 Å². The van der Waals surface area contributed by atoms with Gasteiger partial charge in [0.05, 0.1) is 5.69 Å². The minimum Gasteiger partial charge on any atom is -0.484 e. The second kappa shape index (κ2) is 8.62. The molecule has 0 bridgehead atoms. The lowest BCUT2D eigenvalue weighted by atomic mass is 10.2. The summed E-state index contributed by atoms with van der Waals surface area (Å²) < 4.78 is 7.32. The van der Waals surface area contributed by atoms with Crippen LogP contribution in [-0.4, -0.2) is 68.6 Å². The average molecular weight is 429 g/mol. The zero-order valence-corrected chi connectivity index (χ0v) is 17.8. The van der Waals surface area contributed by atoms with Crippen molar-refractivity contribution >= 4 is 22.9 Å². The smallest absolute Gasteiger partial charge is 0.260 e. The number of para-hydroxylation sites is 1. The molecule has 1 fully saturated rings. The second-order valence-corrected chi connectivity index (χ2v) is 7.68. The maximum atomic E-state index is 12.5. The van der Waals surface area contributed by atoms with Gasteiger partial charge in [-0.2, -0.15) is 4.68 Å². The average Bonchev–Trinajstić information content (AvgIpc) is 3.28. The molecule has 5 rings (SSSR count). The van der Waals surface area contributed by atoms with Gasteiger partial charge in [0.25, 0.3) is 5.91 Å². The number of ether oxygens (including phenoxy) is 1. The fourth-order valence-electron chi connectivity index (χ4n) is 3.75. The highest BCUT2D eigenvalue weighted by Gasteiger charge is 2.25. The van der Waals surface area contributed by atoms with Crippen LogP contribution in [0.4, 0.5) is 5.82 Å². The van der Waals surface area contributed by atoms with Crippen LogP contribution in [0, 0.1) is 6.92 Å². The molecule has 9 heteroatoms. The SMILES string of the molecule is Cc1ccc(-n2nnc3c(N4CCN(C(=O)COc5ccccc5)CC4)ncnc32)cc1. The van der Waals surface area contributed by atoms with E-state index in [1.54, 1.807) is 4.68 Å². The molecule has 2 aromatic carbocycles. The molecule has 1 aliphatic rings. The summed E-state index contributed by atoms with van der Waals surface area (Å²) >= 11 is 0. The number of carbonyl (C=O) groups excluding carboxylic acids is 1. The lowest BCUT2D eigenvalue weighted by molar-refractivity contribution is -0.133. The molecule has 0 aliphatic carbocycles. The van der Waals surface area contributed by atoms with Gasteiger partial charge in [0.15, 0.2) is 23.6 Å². The Hall–Kier alpha value is -4.01. The van der Waals surface area contributed by atoms with Gasteiger partial charge in [-0.15, -0.1) is 5.10 Å². The molecular formula is C23H23N7O2. The molecule has 4 aromatic rings. The van der Waals surface area contributed by atoms with Gasteiger partial charge < -0.3 is 14.5 Å². The highest BCUT2D eigenvalue weighted by Crippen LogP contribution is 2.23. The van der Waals surface area contributed by atoms with Crippen LogP contribution in [0.3, 0.4) is 0 Å². The Morgan fingerprint density at radius 1 is 0.969 bits per heavy atom. The highest BCUT2D eigenvalue weighted by atomic mass is 16.5. The number of hydrogen-bond acceptors (Lipinski definition) is 7. The zero-order chi connectivity index (χ0) is 21.9. The number of aromatic nitrogens is 5. The number of anilines is 1. The van der Waals surface area contributed by atoms with Crippen molar-refractivity contribution in [3.63, 3.8) is 0 Å². The zero-order valence-electron chi connectivity index (χ0n) is 17.8. The van der Waals surface area contributed by atoms with E-state index in [2.05, 4.69) is 25.2 Å². The number of rotatable bonds is 5. The Morgan fingerprint density at radius 3 is 2.47 bits per heavy atom. The van der Waals surface area contributed by atoms with Crippen LogP contribution >= 0.6 is 0 Å². The molecule has 3 heterocycles. The molecule has 2 aromatic heterocycles. The fourth-order valence-corrected chi connectivity index (χ4v) is 3.75. The van der Waals surface area contributed by atoms with E-state index in [0.29, 0.717) is 43.1 Å². The lowest BCUT2D eigenvalue weighted by Gasteiger charge is -2.35.